The summed E-state index contributed by atoms with van der Waals surface area (Å²) in [4.78, 5) is 47.3. The Labute approximate surface area is 860 Å². The Morgan fingerprint density at radius 2 is 0.473 bits per heavy atom. The minimum absolute atomic E-state index is 0.165. The van der Waals surface area contributed by atoms with Crippen LogP contribution in [0.4, 0.5) is 0 Å². The van der Waals surface area contributed by atoms with Crippen LogP contribution in [0.15, 0.2) is 534 Å². The minimum atomic E-state index is -0.165. The molecule has 5 heterocycles. The molecule has 1 aliphatic carbocycles. The highest BCUT2D eigenvalue weighted by atomic mass is 15.2. The molecule has 0 spiro atoms. The first-order valence-electron chi connectivity index (χ1n) is 50.1. The number of para-hydroxylation sites is 1. The van der Waals surface area contributed by atoms with Crippen LogP contribution >= 0.6 is 0 Å². The van der Waals surface area contributed by atoms with E-state index in [0.29, 0.717) is 40.9 Å². The van der Waals surface area contributed by atoms with Crippen molar-refractivity contribution in [2.24, 2.45) is 0 Å². The third-order valence-electron chi connectivity index (χ3n) is 28.2. The molecule has 0 unspecified atom stereocenters. The molecule has 0 radical (unpaired) electrons. The summed E-state index contributed by atoms with van der Waals surface area (Å²) < 4.78 is 2.24. The Kier molecular flexibility index (Phi) is 23.9. The molecule has 0 amide bonds. The van der Waals surface area contributed by atoms with Crippen LogP contribution in [-0.2, 0) is 5.41 Å². The molecule has 5 aromatic heterocycles. The molecule has 0 aliphatic heterocycles. The topological polar surface area (TPSA) is 121 Å². The third kappa shape index (κ3) is 17.7. The maximum Gasteiger partial charge on any atom is 0.238 e. The largest absolute Gasteiger partial charge is 0.278 e. The lowest BCUT2D eigenvalue weighted by Gasteiger charge is -2.21. The average molecular weight is 1890 g/mol. The number of hydrogen-bond donors (Lipinski definition) is 0. The van der Waals surface area contributed by atoms with Gasteiger partial charge in [0.15, 0.2) is 34.9 Å². The van der Waals surface area contributed by atoms with E-state index in [1.165, 1.54) is 49.9 Å². The molecule has 0 atom stereocenters. The van der Waals surface area contributed by atoms with E-state index in [-0.39, 0.29) is 5.41 Å². The first-order valence-corrected chi connectivity index (χ1v) is 50.1. The van der Waals surface area contributed by atoms with Gasteiger partial charge in [-0.25, -0.2) is 34.9 Å². The third-order valence-corrected chi connectivity index (χ3v) is 28.2. The number of benzene rings is 20. The van der Waals surface area contributed by atoms with E-state index < -0.39 is 0 Å². The van der Waals surface area contributed by atoms with E-state index in [1.54, 1.807) is 0 Å². The van der Waals surface area contributed by atoms with Gasteiger partial charge in [0.25, 0.3) is 0 Å². The van der Waals surface area contributed by atoms with Gasteiger partial charge in [0.05, 0.1) is 33.8 Å². The van der Waals surface area contributed by atoms with Gasteiger partial charge in [-0.05, 0) is 195 Å². The van der Waals surface area contributed by atoms with Crippen LogP contribution in [0.25, 0.3) is 252 Å². The summed E-state index contributed by atoms with van der Waals surface area (Å²) in [6, 6.07) is 188. The van der Waals surface area contributed by atoms with Crippen molar-refractivity contribution in [3.8, 4) is 231 Å². The van der Waals surface area contributed by atoms with Crippen molar-refractivity contribution in [1.29, 1.82) is 0 Å². The molecule has 0 bridgehead atoms. The molecule has 0 N–H and O–H groups in total. The van der Waals surface area contributed by atoms with Crippen molar-refractivity contribution >= 4 is 21.8 Å². The maximum absolute atomic E-state index is 5.42. The fourth-order valence-electron chi connectivity index (χ4n) is 20.9. The highest BCUT2D eigenvalue weighted by molar-refractivity contribution is 6.12. The van der Waals surface area contributed by atoms with Gasteiger partial charge in [-0.1, -0.05) is 475 Å². The second-order valence-corrected chi connectivity index (χ2v) is 37.8. The Hall–Kier alpha value is -19.6. The van der Waals surface area contributed by atoms with E-state index in [4.69, 9.17) is 44.9 Å². The van der Waals surface area contributed by atoms with Crippen molar-refractivity contribution in [3.05, 3.63) is 545 Å². The number of aromatic nitrogens is 10. The van der Waals surface area contributed by atoms with E-state index in [9.17, 15) is 0 Å². The highest BCUT2D eigenvalue weighted by Gasteiger charge is 2.37. The van der Waals surface area contributed by atoms with Gasteiger partial charge in [-0.3, -0.25) is 4.57 Å². The van der Waals surface area contributed by atoms with Crippen LogP contribution in [0, 0.1) is 0 Å². The second-order valence-electron chi connectivity index (χ2n) is 37.8. The summed E-state index contributed by atoms with van der Waals surface area (Å²) >= 11 is 0. The molecule has 0 saturated heterocycles. The fourth-order valence-corrected chi connectivity index (χ4v) is 20.9. The lowest BCUT2D eigenvalue weighted by molar-refractivity contribution is 0.661. The van der Waals surface area contributed by atoms with Crippen LogP contribution in [0.3, 0.4) is 0 Å². The molecule has 148 heavy (non-hydrogen) atoms. The highest BCUT2D eigenvalue weighted by Crippen LogP contribution is 2.53. The summed E-state index contributed by atoms with van der Waals surface area (Å²) in [6.07, 6.45) is 0. The summed E-state index contributed by atoms with van der Waals surface area (Å²) in [5.74, 6) is 4.26. The lowest BCUT2D eigenvalue weighted by atomic mass is 9.82. The molecule has 10 heteroatoms. The number of nitrogens with zero attached hydrogens (tertiary/aromatic N) is 10. The maximum atomic E-state index is 5.42. The Morgan fingerprint density at radius 1 is 0.149 bits per heavy atom. The van der Waals surface area contributed by atoms with Crippen LogP contribution in [-0.4, -0.2) is 49.4 Å². The molecule has 26 rings (SSSR count). The zero-order valence-corrected chi connectivity index (χ0v) is 81.3. The molecule has 10 nitrogen and oxygen atoms in total. The number of pyridine rings is 1. The normalized spacial score (nSPS) is 11.8. The van der Waals surface area contributed by atoms with Crippen LogP contribution in [0.2, 0.25) is 0 Å². The Morgan fingerprint density at radius 3 is 0.973 bits per heavy atom. The summed E-state index contributed by atoms with van der Waals surface area (Å²) in [5, 5.41) is 2.34. The quantitative estimate of drug-likeness (QED) is 0.0734. The summed E-state index contributed by atoms with van der Waals surface area (Å²) in [7, 11) is 0. The average Bonchev–Trinajstić information content (AvgIpc) is 1.54. The molecule has 696 valence electrons. The van der Waals surface area contributed by atoms with Gasteiger partial charge in [-0.2, -0.15) is 9.97 Å². The standard InChI is InChI=1S/C78H52N6.C60H42N4/c1-8-25-53(26-9-1)65-50-70(56-29-12-3-13-30-56)79-71(51-65)62-39-24-40-63(47-62)74-68(55-27-10-2-11-28-55)48-64(54-43-45-61(46-44-54)77-83-75(59-35-18-6-19-36-59)82-76(84-77)60-37-20-7-21-38-60)49-69(74)66-41-22-23-42-67(66)78-80-72(57-31-14-4-15-32-57)52-73(81-78)58-33-16-5-17-34-58;1-60(2)52-32-17-15-30-46(52)50-37-51-47-31-16-18-33-54(47)64(55(51)38-53(50)60)59-62-57(42-26-13-6-14-27-42)61-58(63-59)44-29-19-28-43(34-44)45-35-48(39-20-7-3-8-21-39)56(41-24-11-5-12-25-41)49(36-45)40-22-9-4-10-23-40/h1-52H;3-38H,1-2H3. The van der Waals surface area contributed by atoms with Crippen molar-refractivity contribution in [2.75, 3.05) is 0 Å². The molecule has 1 aliphatic rings. The van der Waals surface area contributed by atoms with Gasteiger partial charge >= 0.3 is 0 Å². The van der Waals surface area contributed by atoms with E-state index in [1.807, 2.05) is 97.1 Å². The van der Waals surface area contributed by atoms with Crippen LogP contribution < -0.4 is 0 Å². The molecule has 25 aromatic rings. The number of rotatable bonds is 20. The van der Waals surface area contributed by atoms with E-state index in [2.05, 4.69) is 455 Å². The van der Waals surface area contributed by atoms with Gasteiger partial charge < -0.3 is 0 Å². The summed E-state index contributed by atoms with van der Waals surface area (Å²) in [6.45, 7) is 4.66. The van der Waals surface area contributed by atoms with Crippen molar-refractivity contribution in [1.82, 2.24) is 49.4 Å². The van der Waals surface area contributed by atoms with Crippen LogP contribution in [0.1, 0.15) is 25.0 Å². The van der Waals surface area contributed by atoms with Crippen molar-refractivity contribution in [2.45, 2.75) is 19.3 Å². The first-order chi connectivity index (χ1) is 73.1. The van der Waals surface area contributed by atoms with Gasteiger partial charge in [0.2, 0.25) is 5.95 Å². The molecular weight excluding hydrogens is 1800 g/mol. The second kappa shape index (κ2) is 39.4. The zero-order chi connectivity index (χ0) is 98.8. The van der Waals surface area contributed by atoms with E-state index in [0.717, 1.165) is 173 Å². The Balaban J connectivity index is 0.000000159. The molecule has 20 aromatic carbocycles. The van der Waals surface area contributed by atoms with Gasteiger partial charge in [0, 0.05) is 71.8 Å². The first kappa shape index (κ1) is 89.8. The monoisotopic (exact) mass is 1890 g/mol. The molecular formula is C138H94N10. The molecule has 0 saturated carbocycles. The van der Waals surface area contributed by atoms with Gasteiger partial charge in [0.1, 0.15) is 0 Å². The van der Waals surface area contributed by atoms with Crippen molar-refractivity contribution in [3.63, 3.8) is 0 Å². The predicted molar refractivity (Wildman–Crippen MR) is 608 cm³/mol. The predicted octanol–water partition coefficient (Wildman–Crippen LogP) is 35.0. The number of hydrogen-bond acceptors (Lipinski definition) is 9. The van der Waals surface area contributed by atoms with E-state index >= 15 is 0 Å². The van der Waals surface area contributed by atoms with Crippen molar-refractivity contribution < 1.29 is 0 Å². The van der Waals surface area contributed by atoms with Crippen LogP contribution in [0.5, 0.6) is 0 Å². The number of fused-ring (bicyclic) bond motifs is 6. The zero-order valence-electron chi connectivity index (χ0n) is 81.3. The fraction of sp³-hybridized carbons (Fsp3) is 0.0217. The molecule has 0 fully saturated rings. The smallest absolute Gasteiger partial charge is 0.238 e. The van der Waals surface area contributed by atoms with Gasteiger partial charge in [-0.15, -0.1) is 0 Å². The Bertz CT molecular complexity index is 8990. The lowest BCUT2D eigenvalue weighted by Crippen LogP contribution is -2.15. The SMILES string of the molecule is CC1(C)c2ccccc2-c2cc3c4ccccc4n(-c4nc(-c5ccccc5)nc(-c5cccc(-c6cc(-c7ccccc7)c(-c7ccccc7)c(-c7ccccc7)c6)c5)n4)c3cc21.c1ccc(-c2cc(-c3ccccc3)nc(-c3cccc(-c4c(-c5ccccc5)cc(-c5ccc(-c6nc(-c7ccccc7)nc(-c7ccccc7)n6)cc5)cc4-c4ccccc4-c4nc(-c5ccccc5)cc(-c5ccccc5)n4)c3)c2)cc1. The summed E-state index contributed by atoms with van der Waals surface area (Å²) in [5.41, 5.74) is 40.0. The minimum Gasteiger partial charge on any atom is -0.278 e.